The third-order valence-corrected chi connectivity index (χ3v) is 3.29. The highest BCUT2D eigenvalue weighted by molar-refractivity contribution is 6.29. The summed E-state index contributed by atoms with van der Waals surface area (Å²) < 4.78 is 19.4. The summed E-state index contributed by atoms with van der Waals surface area (Å²) >= 11 is 5.72. The molecule has 0 aliphatic carbocycles. The predicted molar refractivity (Wildman–Crippen MR) is 83.1 cm³/mol. The Morgan fingerprint density at radius 3 is 2.91 bits per heavy atom. The standard InChI is InChI=1S/C15H17ClFN3O2/c1-12-4-2-5-13(22-9-6-17)15(12)20(14(21)10-16)11-19-8-3-7-18-19/h2-5,7-8H,6,9-11H2,1H3. The van der Waals surface area contributed by atoms with Crippen LogP contribution in [0, 0.1) is 6.92 Å². The Bertz CT molecular complexity index is 619. The van der Waals surface area contributed by atoms with Crippen molar-refractivity contribution < 1.29 is 13.9 Å². The molecule has 0 saturated carbocycles. The van der Waals surface area contributed by atoms with Crippen LogP contribution in [0.15, 0.2) is 36.7 Å². The molecule has 1 amide bonds. The Hall–Kier alpha value is -2.08. The lowest BCUT2D eigenvalue weighted by Gasteiger charge is -2.26. The van der Waals surface area contributed by atoms with Crippen molar-refractivity contribution in [1.82, 2.24) is 9.78 Å². The van der Waals surface area contributed by atoms with E-state index in [1.54, 1.807) is 35.3 Å². The molecular formula is C15H17ClFN3O2. The summed E-state index contributed by atoms with van der Waals surface area (Å²) in [5.41, 5.74) is 1.42. The lowest BCUT2D eigenvalue weighted by Crippen LogP contribution is -2.35. The highest BCUT2D eigenvalue weighted by Gasteiger charge is 2.21. The third kappa shape index (κ3) is 3.76. The Kier molecular flexibility index (Phi) is 5.77. The summed E-state index contributed by atoms with van der Waals surface area (Å²) in [6.07, 6.45) is 3.37. The first kappa shape index (κ1) is 16.3. The number of ether oxygens (including phenoxy) is 1. The van der Waals surface area contributed by atoms with Crippen LogP contribution in [0.1, 0.15) is 5.56 Å². The fraction of sp³-hybridized carbons (Fsp3) is 0.333. The van der Waals surface area contributed by atoms with E-state index in [4.69, 9.17) is 16.3 Å². The second kappa shape index (κ2) is 7.79. The largest absolute Gasteiger partial charge is 0.489 e. The number of carbonyl (C=O) groups excluding carboxylic acids is 1. The van der Waals surface area contributed by atoms with Crippen molar-refractivity contribution in [2.24, 2.45) is 0 Å². The zero-order chi connectivity index (χ0) is 15.9. The summed E-state index contributed by atoms with van der Waals surface area (Å²) in [5.74, 6) is -0.00198. The Morgan fingerprint density at radius 1 is 1.45 bits per heavy atom. The number of rotatable bonds is 7. The van der Waals surface area contributed by atoms with Crippen LogP contribution in [0.3, 0.4) is 0 Å². The van der Waals surface area contributed by atoms with Crippen LogP contribution in [0.2, 0.25) is 0 Å². The van der Waals surface area contributed by atoms with E-state index in [0.29, 0.717) is 11.4 Å². The first-order chi connectivity index (χ1) is 10.7. The Labute approximate surface area is 133 Å². The van der Waals surface area contributed by atoms with Gasteiger partial charge in [-0.2, -0.15) is 5.10 Å². The van der Waals surface area contributed by atoms with Gasteiger partial charge in [0.15, 0.2) is 0 Å². The van der Waals surface area contributed by atoms with Crippen LogP contribution >= 0.6 is 11.6 Å². The van der Waals surface area contributed by atoms with Gasteiger partial charge in [-0.15, -0.1) is 11.6 Å². The summed E-state index contributed by atoms with van der Waals surface area (Å²) in [5, 5.41) is 4.10. The molecule has 0 N–H and O–H groups in total. The van der Waals surface area contributed by atoms with Gasteiger partial charge in [0.25, 0.3) is 0 Å². The van der Waals surface area contributed by atoms with Crippen molar-refractivity contribution >= 4 is 23.2 Å². The molecule has 1 aromatic heterocycles. The minimum absolute atomic E-state index is 0.0683. The molecule has 0 radical (unpaired) electrons. The Morgan fingerprint density at radius 2 is 2.27 bits per heavy atom. The van der Waals surface area contributed by atoms with Gasteiger partial charge in [-0.1, -0.05) is 12.1 Å². The van der Waals surface area contributed by atoms with Crippen LogP contribution in [-0.4, -0.2) is 34.8 Å². The van der Waals surface area contributed by atoms with Crippen LogP contribution in [0.5, 0.6) is 5.75 Å². The quantitative estimate of drug-likeness (QED) is 0.735. The van der Waals surface area contributed by atoms with Crippen molar-refractivity contribution in [3.63, 3.8) is 0 Å². The minimum atomic E-state index is -0.601. The van der Waals surface area contributed by atoms with Gasteiger partial charge < -0.3 is 4.74 Å². The van der Waals surface area contributed by atoms with Crippen molar-refractivity contribution in [2.75, 3.05) is 24.1 Å². The van der Waals surface area contributed by atoms with Gasteiger partial charge in [0, 0.05) is 12.4 Å². The number of aryl methyl sites for hydroxylation is 1. The number of amides is 1. The highest BCUT2D eigenvalue weighted by atomic mass is 35.5. The molecule has 1 aromatic carbocycles. The van der Waals surface area contributed by atoms with E-state index in [1.807, 2.05) is 13.0 Å². The number of hydrogen-bond acceptors (Lipinski definition) is 3. The molecular weight excluding hydrogens is 309 g/mol. The number of benzene rings is 1. The minimum Gasteiger partial charge on any atom is -0.489 e. The Balaban J connectivity index is 2.39. The van der Waals surface area contributed by atoms with Gasteiger partial charge >= 0.3 is 0 Å². The number of nitrogens with zero attached hydrogens (tertiary/aromatic N) is 3. The number of halogens is 2. The lowest BCUT2D eigenvalue weighted by atomic mass is 10.1. The smallest absolute Gasteiger partial charge is 0.243 e. The number of carbonyl (C=O) groups is 1. The van der Waals surface area contributed by atoms with E-state index in [-0.39, 0.29) is 25.1 Å². The van der Waals surface area contributed by atoms with E-state index in [0.717, 1.165) is 5.56 Å². The molecule has 0 saturated heterocycles. The van der Waals surface area contributed by atoms with Gasteiger partial charge in [0.05, 0.1) is 5.69 Å². The van der Waals surface area contributed by atoms with Gasteiger partial charge in [-0.25, -0.2) is 4.39 Å². The maximum absolute atomic E-state index is 12.4. The number of alkyl halides is 2. The molecule has 2 aromatic rings. The van der Waals surface area contributed by atoms with Crippen molar-refractivity contribution in [3.8, 4) is 5.75 Å². The van der Waals surface area contributed by atoms with Crippen molar-refractivity contribution in [3.05, 3.63) is 42.2 Å². The van der Waals surface area contributed by atoms with E-state index in [9.17, 15) is 9.18 Å². The van der Waals surface area contributed by atoms with Gasteiger partial charge in [0.1, 0.15) is 31.6 Å². The number of hydrogen-bond donors (Lipinski definition) is 0. The van der Waals surface area contributed by atoms with Crippen LogP contribution in [-0.2, 0) is 11.5 Å². The monoisotopic (exact) mass is 325 g/mol. The van der Waals surface area contributed by atoms with Crippen LogP contribution in [0.25, 0.3) is 0 Å². The summed E-state index contributed by atoms with van der Waals surface area (Å²) in [6, 6.07) is 7.12. The zero-order valence-corrected chi connectivity index (χ0v) is 13.0. The zero-order valence-electron chi connectivity index (χ0n) is 12.2. The molecule has 1 heterocycles. The molecule has 0 aliphatic heterocycles. The van der Waals surface area contributed by atoms with Crippen molar-refractivity contribution in [2.45, 2.75) is 13.6 Å². The van der Waals surface area contributed by atoms with Crippen LogP contribution in [0.4, 0.5) is 10.1 Å². The van der Waals surface area contributed by atoms with Crippen LogP contribution < -0.4 is 9.64 Å². The topological polar surface area (TPSA) is 47.4 Å². The maximum atomic E-state index is 12.4. The normalized spacial score (nSPS) is 10.5. The molecule has 2 rings (SSSR count). The average Bonchev–Trinajstić information content (AvgIpc) is 3.03. The molecule has 0 spiro atoms. The lowest BCUT2D eigenvalue weighted by molar-refractivity contribution is -0.116. The van der Waals surface area contributed by atoms with E-state index < -0.39 is 6.67 Å². The SMILES string of the molecule is Cc1cccc(OCCF)c1N(Cn1cccn1)C(=O)CCl. The molecule has 5 nitrogen and oxygen atoms in total. The van der Waals surface area contributed by atoms with Crippen molar-refractivity contribution in [1.29, 1.82) is 0 Å². The molecule has 22 heavy (non-hydrogen) atoms. The molecule has 7 heteroatoms. The summed E-state index contributed by atoms with van der Waals surface area (Å²) in [4.78, 5) is 13.7. The summed E-state index contributed by atoms with van der Waals surface area (Å²) in [6.45, 7) is 1.39. The molecule has 0 atom stereocenters. The van der Waals surface area contributed by atoms with E-state index in [1.165, 1.54) is 4.90 Å². The number of para-hydroxylation sites is 1. The highest BCUT2D eigenvalue weighted by Crippen LogP contribution is 2.32. The maximum Gasteiger partial charge on any atom is 0.243 e. The second-order valence-electron chi connectivity index (χ2n) is 4.60. The first-order valence-corrected chi connectivity index (χ1v) is 7.33. The number of aromatic nitrogens is 2. The first-order valence-electron chi connectivity index (χ1n) is 6.79. The summed E-state index contributed by atoms with van der Waals surface area (Å²) in [7, 11) is 0. The third-order valence-electron chi connectivity index (χ3n) is 3.07. The average molecular weight is 326 g/mol. The second-order valence-corrected chi connectivity index (χ2v) is 4.87. The van der Waals surface area contributed by atoms with Gasteiger partial charge in [-0.3, -0.25) is 14.4 Å². The predicted octanol–water partition coefficient (Wildman–Crippen LogP) is 2.77. The molecule has 118 valence electrons. The van der Waals surface area contributed by atoms with Gasteiger partial charge in [0.2, 0.25) is 5.91 Å². The molecule has 0 aliphatic rings. The fourth-order valence-electron chi connectivity index (χ4n) is 2.12. The molecule has 0 unspecified atom stereocenters. The molecule has 0 bridgehead atoms. The fourth-order valence-corrected chi connectivity index (χ4v) is 2.26. The van der Waals surface area contributed by atoms with E-state index >= 15 is 0 Å². The number of anilines is 1. The van der Waals surface area contributed by atoms with E-state index in [2.05, 4.69) is 5.10 Å². The van der Waals surface area contributed by atoms with Gasteiger partial charge in [-0.05, 0) is 24.6 Å². The molecule has 0 fully saturated rings.